The molecule has 2 aromatic heterocycles. The quantitative estimate of drug-likeness (QED) is 0.795. The van der Waals surface area contributed by atoms with Crippen molar-refractivity contribution in [2.45, 2.75) is 13.5 Å². The van der Waals surface area contributed by atoms with Crippen molar-refractivity contribution in [1.29, 1.82) is 0 Å². The first-order valence-corrected chi connectivity index (χ1v) is 6.33. The van der Waals surface area contributed by atoms with Gasteiger partial charge in [0.25, 0.3) is 5.56 Å². The molecular formula is C15H12N2O4. The number of aromatic carboxylic acids is 1. The number of rotatable bonds is 3. The third-order valence-electron chi connectivity index (χ3n) is 3.21. The molecule has 21 heavy (non-hydrogen) atoms. The topological polar surface area (TPSA) is 85.3 Å². The summed E-state index contributed by atoms with van der Waals surface area (Å²) in [6, 6.07) is 8.28. The van der Waals surface area contributed by atoms with Crippen molar-refractivity contribution in [3.05, 3.63) is 64.0 Å². The highest BCUT2D eigenvalue weighted by Gasteiger charge is 2.20. The van der Waals surface area contributed by atoms with E-state index in [0.29, 0.717) is 16.7 Å². The van der Waals surface area contributed by atoms with E-state index < -0.39 is 5.97 Å². The van der Waals surface area contributed by atoms with Crippen LogP contribution in [0.1, 0.15) is 21.8 Å². The molecule has 6 heteroatoms. The summed E-state index contributed by atoms with van der Waals surface area (Å²) in [6.07, 6.45) is 1.39. The van der Waals surface area contributed by atoms with Gasteiger partial charge in [0.15, 0.2) is 0 Å². The lowest BCUT2D eigenvalue weighted by Gasteiger charge is -2.03. The lowest BCUT2D eigenvalue weighted by Crippen LogP contribution is -2.21. The number of carboxylic acid groups (broad SMARTS) is 1. The highest BCUT2D eigenvalue weighted by atomic mass is 16.4. The molecule has 0 aliphatic heterocycles. The number of fused-ring (bicyclic) bond motifs is 1. The van der Waals surface area contributed by atoms with Crippen molar-refractivity contribution in [1.82, 2.24) is 9.55 Å². The summed E-state index contributed by atoms with van der Waals surface area (Å²) in [6.45, 7) is 1.75. The molecule has 6 nitrogen and oxygen atoms in total. The van der Waals surface area contributed by atoms with E-state index in [1.54, 1.807) is 31.2 Å². The molecule has 0 spiro atoms. The smallest absolute Gasteiger partial charge is 0.339 e. The summed E-state index contributed by atoms with van der Waals surface area (Å²) in [4.78, 5) is 27.4. The summed E-state index contributed by atoms with van der Waals surface area (Å²) in [5.41, 5.74) is 0.926. The van der Waals surface area contributed by atoms with E-state index in [-0.39, 0.29) is 23.4 Å². The Bertz CT molecular complexity index is 892. The van der Waals surface area contributed by atoms with Crippen LogP contribution in [0.5, 0.6) is 0 Å². The first-order chi connectivity index (χ1) is 10.1. The van der Waals surface area contributed by atoms with Gasteiger partial charge in [0.05, 0.1) is 12.9 Å². The normalized spacial score (nSPS) is 10.9. The highest BCUT2D eigenvalue weighted by Crippen LogP contribution is 2.26. The lowest BCUT2D eigenvalue weighted by atomic mass is 10.1. The Morgan fingerprint density at radius 3 is 2.86 bits per heavy atom. The molecule has 3 rings (SSSR count). The first-order valence-electron chi connectivity index (χ1n) is 6.33. The number of aryl methyl sites for hydroxylation is 1. The summed E-state index contributed by atoms with van der Waals surface area (Å²) in [5.74, 6) is -0.848. The molecule has 2 heterocycles. The number of hydrogen-bond acceptors (Lipinski definition) is 4. The van der Waals surface area contributed by atoms with Gasteiger partial charge in [0, 0.05) is 17.1 Å². The van der Waals surface area contributed by atoms with Crippen molar-refractivity contribution >= 4 is 16.9 Å². The maximum atomic E-state index is 11.9. The van der Waals surface area contributed by atoms with Crippen LogP contribution in [0.2, 0.25) is 0 Å². The van der Waals surface area contributed by atoms with E-state index in [1.807, 2.05) is 0 Å². The van der Waals surface area contributed by atoms with E-state index in [2.05, 4.69) is 4.98 Å². The van der Waals surface area contributed by atoms with Gasteiger partial charge < -0.3 is 9.52 Å². The number of furan rings is 1. The van der Waals surface area contributed by atoms with Crippen molar-refractivity contribution < 1.29 is 14.3 Å². The first kappa shape index (κ1) is 13.1. The Kier molecular flexibility index (Phi) is 3.06. The van der Waals surface area contributed by atoms with E-state index in [9.17, 15) is 14.7 Å². The predicted molar refractivity (Wildman–Crippen MR) is 75.5 cm³/mol. The molecule has 0 unspecified atom stereocenters. The van der Waals surface area contributed by atoms with Crippen LogP contribution >= 0.6 is 0 Å². The number of para-hydroxylation sites is 1. The number of carboxylic acids is 1. The Hall–Kier alpha value is -2.89. The van der Waals surface area contributed by atoms with Gasteiger partial charge in [-0.15, -0.1) is 0 Å². The molecule has 0 radical (unpaired) electrons. The SMILES string of the molecule is Cc1cc(=O)n(Cc2oc3ccccc3c2C(=O)O)cn1. The summed E-state index contributed by atoms with van der Waals surface area (Å²) < 4.78 is 6.90. The highest BCUT2D eigenvalue weighted by molar-refractivity contribution is 6.03. The van der Waals surface area contributed by atoms with E-state index in [1.165, 1.54) is 17.0 Å². The fraction of sp³-hybridized carbons (Fsp3) is 0.133. The third-order valence-corrected chi connectivity index (χ3v) is 3.21. The van der Waals surface area contributed by atoms with Gasteiger partial charge in [0.1, 0.15) is 16.9 Å². The van der Waals surface area contributed by atoms with Crippen LogP contribution in [0.3, 0.4) is 0 Å². The van der Waals surface area contributed by atoms with E-state index in [4.69, 9.17) is 4.42 Å². The molecule has 3 aromatic rings. The number of benzene rings is 1. The van der Waals surface area contributed by atoms with Gasteiger partial charge in [-0.3, -0.25) is 9.36 Å². The van der Waals surface area contributed by atoms with Crippen LogP contribution in [-0.4, -0.2) is 20.6 Å². The molecule has 0 atom stereocenters. The Labute approximate surface area is 119 Å². The average Bonchev–Trinajstić information content (AvgIpc) is 2.80. The maximum Gasteiger partial charge on any atom is 0.339 e. The largest absolute Gasteiger partial charge is 0.478 e. The summed E-state index contributed by atoms with van der Waals surface area (Å²) >= 11 is 0. The molecule has 0 bridgehead atoms. The van der Waals surface area contributed by atoms with Crippen LogP contribution in [0.4, 0.5) is 0 Å². The lowest BCUT2D eigenvalue weighted by molar-refractivity contribution is 0.0696. The minimum atomic E-state index is -1.08. The van der Waals surface area contributed by atoms with Crippen LogP contribution in [-0.2, 0) is 6.54 Å². The third kappa shape index (κ3) is 2.31. The van der Waals surface area contributed by atoms with Gasteiger partial charge in [-0.25, -0.2) is 9.78 Å². The van der Waals surface area contributed by atoms with Crippen LogP contribution in [0.25, 0.3) is 11.0 Å². The minimum absolute atomic E-state index is 0.0302. The molecule has 0 aliphatic carbocycles. The molecular weight excluding hydrogens is 272 g/mol. The molecule has 106 valence electrons. The standard InChI is InChI=1S/C15H12N2O4/c1-9-6-13(18)17(8-16-9)7-12-14(15(19)20)10-4-2-3-5-11(10)21-12/h2-6,8H,7H2,1H3,(H,19,20). The zero-order valence-electron chi connectivity index (χ0n) is 11.2. The predicted octanol–water partition coefficient (Wildman–Crippen LogP) is 2.04. The number of nitrogens with zero attached hydrogens (tertiary/aromatic N) is 2. The maximum absolute atomic E-state index is 11.9. The fourth-order valence-electron chi connectivity index (χ4n) is 2.23. The molecule has 1 aromatic carbocycles. The van der Waals surface area contributed by atoms with Gasteiger partial charge in [-0.05, 0) is 13.0 Å². The van der Waals surface area contributed by atoms with Crippen LogP contribution < -0.4 is 5.56 Å². The zero-order chi connectivity index (χ0) is 15.0. The van der Waals surface area contributed by atoms with Crippen molar-refractivity contribution in [2.24, 2.45) is 0 Å². The second-order valence-corrected chi connectivity index (χ2v) is 4.70. The average molecular weight is 284 g/mol. The monoisotopic (exact) mass is 284 g/mol. The van der Waals surface area contributed by atoms with Gasteiger partial charge >= 0.3 is 5.97 Å². The Morgan fingerprint density at radius 1 is 1.38 bits per heavy atom. The summed E-state index contributed by atoms with van der Waals surface area (Å²) in [5, 5.41) is 9.90. The minimum Gasteiger partial charge on any atom is -0.478 e. The molecule has 0 fully saturated rings. The molecule has 1 N–H and O–H groups in total. The van der Waals surface area contributed by atoms with Gasteiger partial charge in [-0.2, -0.15) is 0 Å². The van der Waals surface area contributed by atoms with Crippen molar-refractivity contribution in [2.75, 3.05) is 0 Å². The Morgan fingerprint density at radius 2 is 2.14 bits per heavy atom. The molecule has 0 amide bonds. The second-order valence-electron chi connectivity index (χ2n) is 4.70. The molecule has 0 saturated heterocycles. The number of aromatic nitrogens is 2. The molecule has 0 saturated carbocycles. The summed E-state index contributed by atoms with van der Waals surface area (Å²) in [7, 11) is 0. The van der Waals surface area contributed by atoms with Gasteiger partial charge in [-0.1, -0.05) is 18.2 Å². The fourth-order valence-corrected chi connectivity index (χ4v) is 2.23. The van der Waals surface area contributed by atoms with Crippen molar-refractivity contribution in [3.63, 3.8) is 0 Å². The van der Waals surface area contributed by atoms with Crippen molar-refractivity contribution in [3.8, 4) is 0 Å². The zero-order valence-corrected chi connectivity index (χ0v) is 11.2. The van der Waals surface area contributed by atoms with Crippen LogP contribution in [0.15, 0.2) is 45.9 Å². The molecule has 0 aliphatic rings. The number of hydrogen-bond donors (Lipinski definition) is 1. The van der Waals surface area contributed by atoms with Gasteiger partial charge in [0.2, 0.25) is 0 Å². The van der Waals surface area contributed by atoms with Crippen LogP contribution in [0, 0.1) is 6.92 Å². The van der Waals surface area contributed by atoms with E-state index in [0.717, 1.165) is 0 Å². The Balaban J connectivity index is 2.14. The number of carbonyl (C=O) groups is 1. The van der Waals surface area contributed by atoms with E-state index >= 15 is 0 Å². The second kappa shape index (κ2) is 4.90.